The maximum absolute atomic E-state index is 10.7. The molecule has 7 heteroatoms. The fraction of sp³-hybridized carbons (Fsp3) is 0.182. The Balaban J connectivity index is 2.77. The molecule has 1 aromatic rings. The number of hydrogen-bond acceptors (Lipinski definition) is 3. The molecule has 0 spiro atoms. The topological polar surface area (TPSA) is 98.1 Å². The summed E-state index contributed by atoms with van der Waals surface area (Å²) < 4.78 is 10.6. The van der Waals surface area contributed by atoms with Crippen molar-refractivity contribution in [2.75, 3.05) is 18.0 Å². The van der Waals surface area contributed by atoms with Crippen LogP contribution in [0, 0.1) is 0 Å². The zero-order chi connectivity index (χ0) is 13.6. The summed E-state index contributed by atoms with van der Waals surface area (Å²) in [5.74, 6) is -0.242. The van der Waals surface area contributed by atoms with Crippen LogP contribution in [0.5, 0.6) is 0 Å². The zero-order valence-corrected chi connectivity index (χ0v) is 10.4. The summed E-state index contributed by atoms with van der Waals surface area (Å²) in [6, 6.07) is 8.78. The van der Waals surface area contributed by atoms with E-state index in [0.29, 0.717) is 5.69 Å². The molecule has 0 amide bonds. The molecule has 0 bridgehead atoms. The van der Waals surface area contributed by atoms with E-state index in [1.165, 1.54) is 11.0 Å². The molecule has 98 valence electrons. The summed E-state index contributed by atoms with van der Waals surface area (Å²) >= 11 is 0. The van der Waals surface area contributed by atoms with Gasteiger partial charge in [-0.15, -0.1) is 0 Å². The summed E-state index contributed by atoms with van der Waals surface area (Å²) in [6.45, 7) is -0.128. The first-order chi connectivity index (χ1) is 8.38. The van der Waals surface area contributed by atoms with Crippen LogP contribution in [-0.4, -0.2) is 34.0 Å². The maximum atomic E-state index is 10.7. The lowest BCUT2D eigenvalue weighted by molar-refractivity contribution is -0.135. The molecule has 3 N–H and O–H groups in total. The zero-order valence-electron chi connectivity index (χ0n) is 9.51. The van der Waals surface area contributed by atoms with E-state index in [0.717, 1.165) is 5.82 Å². The van der Waals surface area contributed by atoms with Gasteiger partial charge in [-0.1, -0.05) is 24.3 Å². The molecule has 0 heterocycles. The standard InChI is InChI=1S/C11H14NO5P/c13-11(14)9-12(7-4-8-18(15,16)17)10-5-2-1-3-6-10/h1-6,8H,7,9H2,(H,13,14)(H2,15,16,17). The van der Waals surface area contributed by atoms with Crippen molar-refractivity contribution in [1.29, 1.82) is 0 Å². The van der Waals surface area contributed by atoms with Crippen molar-refractivity contribution in [3.63, 3.8) is 0 Å². The monoisotopic (exact) mass is 271 g/mol. The minimum atomic E-state index is -4.20. The number of carboxylic acids is 1. The molecule has 0 aliphatic heterocycles. The van der Waals surface area contributed by atoms with Gasteiger partial charge >= 0.3 is 13.6 Å². The minimum absolute atomic E-state index is 0.113. The number of benzene rings is 1. The van der Waals surface area contributed by atoms with Gasteiger partial charge in [-0.25, -0.2) is 0 Å². The van der Waals surface area contributed by atoms with E-state index in [2.05, 4.69) is 0 Å². The molecule has 6 nitrogen and oxygen atoms in total. The molecule has 18 heavy (non-hydrogen) atoms. The molecule has 1 rings (SSSR count). The van der Waals surface area contributed by atoms with Crippen LogP contribution < -0.4 is 4.90 Å². The largest absolute Gasteiger partial charge is 0.480 e. The highest BCUT2D eigenvalue weighted by molar-refractivity contribution is 7.55. The van der Waals surface area contributed by atoms with Gasteiger partial charge in [0.1, 0.15) is 6.54 Å². The van der Waals surface area contributed by atoms with Gasteiger partial charge in [0.25, 0.3) is 0 Å². The van der Waals surface area contributed by atoms with Gasteiger partial charge in [-0.05, 0) is 12.1 Å². The first-order valence-electron chi connectivity index (χ1n) is 5.13. The van der Waals surface area contributed by atoms with Gasteiger partial charge in [-0.3, -0.25) is 9.36 Å². The van der Waals surface area contributed by atoms with Gasteiger partial charge in [0.2, 0.25) is 0 Å². The normalized spacial score (nSPS) is 11.7. The number of nitrogens with zero attached hydrogens (tertiary/aromatic N) is 1. The second kappa shape index (κ2) is 6.35. The molecular weight excluding hydrogens is 257 g/mol. The molecule has 0 saturated carbocycles. The van der Waals surface area contributed by atoms with Gasteiger partial charge in [-0.2, -0.15) is 0 Å². The van der Waals surface area contributed by atoms with E-state index in [4.69, 9.17) is 14.9 Å². The number of para-hydroxylation sites is 1. The lowest BCUT2D eigenvalue weighted by Crippen LogP contribution is -2.29. The Hall–Kier alpha value is -1.62. The molecule has 0 fully saturated rings. The number of aliphatic carboxylic acids is 1. The molecule has 0 radical (unpaired) electrons. The lowest BCUT2D eigenvalue weighted by atomic mass is 10.3. The SMILES string of the molecule is O=C(O)CN(CC=CP(=O)(O)O)c1ccccc1. The fourth-order valence-electron chi connectivity index (χ4n) is 1.38. The Morgan fingerprint density at radius 2 is 1.89 bits per heavy atom. The van der Waals surface area contributed by atoms with Crippen molar-refractivity contribution in [3.8, 4) is 0 Å². The van der Waals surface area contributed by atoms with Crippen LogP contribution in [0.15, 0.2) is 42.2 Å². The summed E-state index contributed by atoms with van der Waals surface area (Å²) in [7, 11) is -4.20. The Morgan fingerprint density at radius 1 is 1.28 bits per heavy atom. The van der Waals surface area contributed by atoms with E-state index < -0.39 is 13.6 Å². The molecular formula is C11H14NO5P. The van der Waals surface area contributed by atoms with Gasteiger partial charge < -0.3 is 19.8 Å². The molecule has 0 unspecified atom stereocenters. The quantitative estimate of drug-likeness (QED) is 0.674. The third kappa shape index (κ3) is 5.63. The Bertz CT molecular complexity index is 468. The second-order valence-corrected chi connectivity index (χ2v) is 5.06. The van der Waals surface area contributed by atoms with E-state index >= 15 is 0 Å². The molecule has 0 aromatic heterocycles. The maximum Gasteiger partial charge on any atom is 0.348 e. The number of carbonyl (C=O) groups is 1. The van der Waals surface area contributed by atoms with Crippen LogP contribution in [0.3, 0.4) is 0 Å². The number of rotatable bonds is 6. The third-order valence-corrected chi connectivity index (χ3v) is 2.67. The van der Waals surface area contributed by atoms with E-state index in [1.54, 1.807) is 30.3 Å². The van der Waals surface area contributed by atoms with Crippen LogP contribution >= 0.6 is 7.60 Å². The van der Waals surface area contributed by atoms with Crippen molar-refractivity contribution in [1.82, 2.24) is 0 Å². The van der Waals surface area contributed by atoms with Crippen LogP contribution in [-0.2, 0) is 9.36 Å². The third-order valence-electron chi connectivity index (χ3n) is 2.07. The highest BCUT2D eigenvalue weighted by Gasteiger charge is 2.10. The summed E-state index contributed by atoms with van der Waals surface area (Å²) in [6.07, 6.45) is 1.26. The smallest absolute Gasteiger partial charge is 0.348 e. The highest BCUT2D eigenvalue weighted by Crippen LogP contribution is 2.35. The molecule has 0 atom stereocenters. The second-order valence-electron chi connectivity index (χ2n) is 3.58. The lowest BCUT2D eigenvalue weighted by Gasteiger charge is -2.20. The molecule has 0 saturated heterocycles. The van der Waals surface area contributed by atoms with Crippen LogP contribution in [0.25, 0.3) is 0 Å². The average Bonchev–Trinajstić information content (AvgIpc) is 2.27. The summed E-state index contributed by atoms with van der Waals surface area (Å²) in [5.41, 5.74) is 0.676. The Kier molecular flexibility index (Phi) is 5.09. The van der Waals surface area contributed by atoms with E-state index in [9.17, 15) is 9.36 Å². The van der Waals surface area contributed by atoms with Crippen molar-refractivity contribution in [2.45, 2.75) is 0 Å². The number of carboxylic acid groups (broad SMARTS) is 1. The predicted octanol–water partition coefficient (Wildman–Crippen LogP) is 1.27. The summed E-state index contributed by atoms with van der Waals surface area (Å²) in [4.78, 5) is 29.6. The number of anilines is 1. The van der Waals surface area contributed by atoms with Gasteiger partial charge in [0.05, 0.1) is 0 Å². The van der Waals surface area contributed by atoms with Gasteiger partial charge in [0, 0.05) is 18.0 Å². The highest BCUT2D eigenvalue weighted by atomic mass is 31.2. The molecule has 0 aliphatic rings. The Morgan fingerprint density at radius 3 is 2.39 bits per heavy atom. The molecule has 0 aliphatic carbocycles. The minimum Gasteiger partial charge on any atom is -0.480 e. The summed E-state index contributed by atoms with van der Waals surface area (Å²) in [5, 5.41) is 8.79. The van der Waals surface area contributed by atoms with Crippen LogP contribution in [0.1, 0.15) is 0 Å². The van der Waals surface area contributed by atoms with Gasteiger partial charge in [0.15, 0.2) is 0 Å². The van der Waals surface area contributed by atoms with Crippen LogP contribution in [0.4, 0.5) is 5.69 Å². The van der Waals surface area contributed by atoms with Crippen molar-refractivity contribution in [3.05, 3.63) is 42.2 Å². The fourth-order valence-corrected chi connectivity index (χ4v) is 1.74. The van der Waals surface area contributed by atoms with Crippen LogP contribution in [0.2, 0.25) is 0 Å². The predicted molar refractivity (Wildman–Crippen MR) is 67.5 cm³/mol. The number of hydrogen-bond donors (Lipinski definition) is 3. The first-order valence-corrected chi connectivity index (χ1v) is 6.81. The molecule has 1 aromatic carbocycles. The van der Waals surface area contributed by atoms with Crippen molar-refractivity contribution < 1.29 is 24.3 Å². The Labute approximate surface area is 104 Å². The first kappa shape index (κ1) is 14.4. The van der Waals surface area contributed by atoms with Crippen molar-refractivity contribution >= 4 is 19.3 Å². The van der Waals surface area contributed by atoms with E-state index in [-0.39, 0.29) is 13.1 Å². The van der Waals surface area contributed by atoms with E-state index in [1.807, 2.05) is 0 Å². The van der Waals surface area contributed by atoms with Crippen molar-refractivity contribution in [2.24, 2.45) is 0 Å². The average molecular weight is 271 g/mol.